The van der Waals surface area contributed by atoms with E-state index in [-0.39, 0.29) is 18.8 Å². The van der Waals surface area contributed by atoms with Crippen LogP contribution in [0.1, 0.15) is 31.4 Å². The Morgan fingerprint density at radius 1 is 1.10 bits per heavy atom. The third kappa shape index (κ3) is 7.72. The predicted molar refractivity (Wildman–Crippen MR) is 96.1 cm³/mol. The molecule has 0 aromatic heterocycles. The Hall–Kier alpha value is -3.11. The van der Waals surface area contributed by atoms with Crippen LogP contribution in [0.4, 0.5) is 13.2 Å². The number of alkyl halides is 3. The highest BCUT2D eigenvalue weighted by Crippen LogP contribution is 2.29. The van der Waals surface area contributed by atoms with Crippen molar-refractivity contribution in [3.8, 4) is 0 Å². The number of amides is 1. The van der Waals surface area contributed by atoms with Crippen LogP contribution in [0.5, 0.6) is 0 Å². The van der Waals surface area contributed by atoms with Gasteiger partial charge in [0.15, 0.2) is 0 Å². The van der Waals surface area contributed by atoms with Crippen LogP contribution >= 0.6 is 0 Å². The van der Waals surface area contributed by atoms with Crippen molar-refractivity contribution in [1.29, 1.82) is 0 Å². The molecule has 0 aliphatic rings. The molecule has 11 heteroatoms. The van der Waals surface area contributed by atoms with Crippen LogP contribution in [0.25, 0.3) is 0 Å². The number of esters is 2. The van der Waals surface area contributed by atoms with Crippen molar-refractivity contribution in [2.45, 2.75) is 38.9 Å². The van der Waals surface area contributed by atoms with Crippen LogP contribution in [0.15, 0.2) is 24.3 Å². The van der Waals surface area contributed by atoms with E-state index < -0.39 is 60.4 Å². The fourth-order valence-electron chi connectivity index (χ4n) is 2.59. The lowest BCUT2D eigenvalue weighted by Crippen LogP contribution is -2.50. The summed E-state index contributed by atoms with van der Waals surface area (Å²) >= 11 is 0. The van der Waals surface area contributed by atoms with E-state index in [9.17, 15) is 37.5 Å². The van der Waals surface area contributed by atoms with E-state index in [0.717, 1.165) is 18.2 Å². The van der Waals surface area contributed by atoms with Gasteiger partial charge in [-0.1, -0.05) is 18.2 Å². The van der Waals surface area contributed by atoms with E-state index in [1.807, 2.05) is 0 Å². The Morgan fingerprint density at radius 3 is 2.27 bits per heavy atom. The Balaban J connectivity index is 3.01. The highest BCUT2D eigenvalue weighted by atomic mass is 19.4. The zero-order valence-electron chi connectivity index (χ0n) is 16.3. The number of ether oxygens (including phenoxy) is 2. The van der Waals surface area contributed by atoms with Gasteiger partial charge in [0.1, 0.15) is 6.04 Å². The minimum absolute atomic E-state index is 0.00593. The molecule has 0 aliphatic heterocycles. The van der Waals surface area contributed by atoms with Gasteiger partial charge in [0.25, 0.3) is 0 Å². The van der Waals surface area contributed by atoms with Crippen molar-refractivity contribution < 1.29 is 46.9 Å². The van der Waals surface area contributed by atoms with Gasteiger partial charge in [0, 0.05) is 0 Å². The second-order valence-electron chi connectivity index (χ2n) is 6.13. The van der Waals surface area contributed by atoms with Gasteiger partial charge in [-0.3, -0.25) is 14.4 Å². The van der Waals surface area contributed by atoms with Crippen molar-refractivity contribution in [2.24, 2.45) is 5.92 Å². The van der Waals surface area contributed by atoms with Crippen molar-refractivity contribution in [3.63, 3.8) is 0 Å². The molecule has 166 valence electrons. The Kier molecular flexibility index (Phi) is 9.28. The standard InChI is InChI=1S/C19H22F3NO7/c1-3-29-15(25)10-13(18(28)30-4-2)16(17(26)27)23-14(24)9-11-6-5-7-12(8-11)19(20,21)22/h5-8,13,16H,3-4,9-10H2,1-2H3,(H,23,24)(H,26,27)/t13-,16+/m1/s1. The summed E-state index contributed by atoms with van der Waals surface area (Å²) in [7, 11) is 0. The average Bonchev–Trinajstić information content (AvgIpc) is 2.64. The lowest BCUT2D eigenvalue weighted by atomic mass is 9.95. The summed E-state index contributed by atoms with van der Waals surface area (Å²) in [5.74, 6) is -6.03. The summed E-state index contributed by atoms with van der Waals surface area (Å²) in [6.07, 6.45) is -5.83. The van der Waals surface area contributed by atoms with Gasteiger partial charge < -0.3 is 19.9 Å². The molecule has 0 saturated heterocycles. The summed E-state index contributed by atoms with van der Waals surface area (Å²) in [5, 5.41) is 11.5. The molecule has 1 aromatic carbocycles. The Morgan fingerprint density at radius 2 is 1.73 bits per heavy atom. The first-order chi connectivity index (χ1) is 14.0. The van der Waals surface area contributed by atoms with E-state index >= 15 is 0 Å². The van der Waals surface area contributed by atoms with Crippen LogP contribution in [-0.4, -0.2) is 48.2 Å². The molecule has 1 aromatic rings. The second-order valence-corrected chi connectivity index (χ2v) is 6.13. The molecule has 2 atom stereocenters. The van der Waals surface area contributed by atoms with Crippen LogP contribution in [0.3, 0.4) is 0 Å². The first kappa shape index (κ1) is 24.9. The predicted octanol–water partition coefficient (Wildman–Crippen LogP) is 1.95. The SMILES string of the molecule is CCOC(=O)C[C@@H](C(=O)OCC)[C@H](NC(=O)Cc1cccc(C(F)(F)F)c1)C(=O)O. The number of carbonyl (C=O) groups is 4. The number of carbonyl (C=O) groups excluding carboxylic acids is 3. The zero-order valence-corrected chi connectivity index (χ0v) is 16.3. The van der Waals surface area contributed by atoms with Gasteiger partial charge in [0.2, 0.25) is 5.91 Å². The number of hydrogen-bond acceptors (Lipinski definition) is 6. The molecule has 0 spiro atoms. The van der Waals surface area contributed by atoms with E-state index in [1.165, 1.54) is 19.9 Å². The molecule has 0 fully saturated rings. The number of carboxylic acids is 1. The first-order valence-corrected chi connectivity index (χ1v) is 9.00. The fourth-order valence-corrected chi connectivity index (χ4v) is 2.59. The molecule has 30 heavy (non-hydrogen) atoms. The first-order valence-electron chi connectivity index (χ1n) is 9.00. The van der Waals surface area contributed by atoms with Crippen molar-refractivity contribution >= 4 is 23.8 Å². The van der Waals surface area contributed by atoms with E-state index in [4.69, 9.17) is 9.47 Å². The highest BCUT2D eigenvalue weighted by molar-refractivity contribution is 5.91. The topological polar surface area (TPSA) is 119 Å². The molecule has 0 unspecified atom stereocenters. The third-order valence-corrected chi connectivity index (χ3v) is 3.89. The zero-order chi connectivity index (χ0) is 22.9. The summed E-state index contributed by atoms with van der Waals surface area (Å²) in [4.78, 5) is 47.8. The number of aliphatic carboxylic acids is 1. The summed E-state index contributed by atoms with van der Waals surface area (Å²) < 4.78 is 47.9. The van der Waals surface area contributed by atoms with Crippen LogP contribution < -0.4 is 5.32 Å². The molecule has 1 rings (SSSR count). The van der Waals surface area contributed by atoms with Gasteiger partial charge in [-0.05, 0) is 25.5 Å². The number of rotatable bonds is 10. The van der Waals surface area contributed by atoms with E-state index in [0.29, 0.717) is 0 Å². The number of nitrogens with one attached hydrogen (secondary N) is 1. The molecular formula is C19H22F3NO7. The summed E-state index contributed by atoms with van der Waals surface area (Å²) in [5.41, 5.74) is -0.973. The fraction of sp³-hybridized carbons (Fsp3) is 0.474. The molecule has 0 radical (unpaired) electrons. The smallest absolute Gasteiger partial charge is 0.416 e. The van der Waals surface area contributed by atoms with Gasteiger partial charge >= 0.3 is 24.1 Å². The van der Waals surface area contributed by atoms with E-state index in [2.05, 4.69) is 5.32 Å². The molecule has 0 saturated carbocycles. The summed E-state index contributed by atoms with van der Waals surface area (Å²) in [6.45, 7) is 2.89. The summed E-state index contributed by atoms with van der Waals surface area (Å²) in [6, 6.07) is 2.13. The molecular weight excluding hydrogens is 411 g/mol. The average molecular weight is 433 g/mol. The molecule has 1 amide bonds. The molecule has 2 N–H and O–H groups in total. The lowest BCUT2D eigenvalue weighted by Gasteiger charge is -2.23. The highest BCUT2D eigenvalue weighted by Gasteiger charge is 2.38. The van der Waals surface area contributed by atoms with Crippen molar-refractivity contribution in [3.05, 3.63) is 35.4 Å². The Labute approximate surface area is 170 Å². The lowest BCUT2D eigenvalue weighted by molar-refractivity contribution is -0.160. The Bertz CT molecular complexity index is 780. The van der Waals surface area contributed by atoms with Crippen molar-refractivity contribution in [2.75, 3.05) is 13.2 Å². The van der Waals surface area contributed by atoms with Crippen molar-refractivity contribution in [1.82, 2.24) is 5.32 Å². The van der Waals surface area contributed by atoms with Gasteiger partial charge in [-0.15, -0.1) is 0 Å². The molecule has 0 bridgehead atoms. The number of benzene rings is 1. The maximum atomic E-state index is 12.8. The minimum Gasteiger partial charge on any atom is -0.480 e. The quantitative estimate of drug-likeness (QED) is 0.542. The van der Waals surface area contributed by atoms with Crippen LogP contribution in [0.2, 0.25) is 0 Å². The number of halogens is 3. The van der Waals surface area contributed by atoms with E-state index in [1.54, 1.807) is 0 Å². The molecule has 0 aliphatic carbocycles. The molecule has 8 nitrogen and oxygen atoms in total. The minimum atomic E-state index is -4.61. The number of hydrogen-bond donors (Lipinski definition) is 2. The molecule has 0 heterocycles. The van der Waals surface area contributed by atoms with Gasteiger partial charge in [-0.2, -0.15) is 13.2 Å². The van der Waals surface area contributed by atoms with Gasteiger partial charge in [0.05, 0.1) is 37.5 Å². The van der Waals surface area contributed by atoms with Crippen LogP contribution in [0, 0.1) is 5.92 Å². The maximum absolute atomic E-state index is 12.8. The number of carboxylic acid groups (broad SMARTS) is 1. The normalized spacial score (nSPS) is 13.1. The largest absolute Gasteiger partial charge is 0.480 e. The second kappa shape index (κ2) is 11.2. The van der Waals surface area contributed by atoms with Crippen LogP contribution in [-0.2, 0) is 41.2 Å². The van der Waals surface area contributed by atoms with Gasteiger partial charge in [-0.25, -0.2) is 4.79 Å². The third-order valence-electron chi connectivity index (χ3n) is 3.89. The maximum Gasteiger partial charge on any atom is 0.416 e. The monoisotopic (exact) mass is 433 g/mol.